The highest BCUT2D eigenvalue weighted by atomic mass is 35.5. The van der Waals surface area contributed by atoms with E-state index in [0.29, 0.717) is 41.6 Å². The lowest BCUT2D eigenvalue weighted by Crippen LogP contribution is -2.32. The van der Waals surface area contributed by atoms with Gasteiger partial charge in [0.15, 0.2) is 11.4 Å². The lowest BCUT2D eigenvalue weighted by atomic mass is 10.00. The maximum absolute atomic E-state index is 12.7. The molecule has 3 aromatic carbocycles. The van der Waals surface area contributed by atoms with E-state index in [1.54, 1.807) is 41.2 Å². The largest absolute Gasteiger partial charge is 0.397 e. The highest BCUT2D eigenvalue weighted by Gasteiger charge is 2.33. The van der Waals surface area contributed by atoms with Crippen molar-refractivity contribution in [1.82, 2.24) is 9.55 Å². The van der Waals surface area contributed by atoms with Gasteiger partial charge in [-0.1, -0.05) is 71.7 Å². The first-order chi connectivity index (χ1) is 21.3. The molecule has 0 saturated carbocycles. The number of carbonyl (C=O) groups excluding carboxylic acids is 2. The molecule has 0 radical (unpaired) electrons. The van der Waals surface area contributed by atoms with Crippen molar-refractivity contribution in [2.75, 3.05) is 16.4 Å². The van der Waals surface area contributed by atoms with Crippen LogP contribution in [0.15, 0.2) is 79.1 Å². The van der Waals surface area contributed by atoms with Gasteiger partial charge in [-0.25, -0.2) is 4.98 Å². The fraction of sp³-hybridized carbons (Fsp3) is 0.281. The van der Waals surface area contributed by atoms with Gasteiger partial charge in [0.1, 0.15) is 5.15 Å². The number of para-hydroxylation sites is 2. The van der Waals surface area contributed by atoms with Crippen LogP contribution in [0.5, 0.6) is 0 Å². The van der Waals surface area contributed by atoms with Crippen LogP contribution in [0.25, 0.3) is 0 Å². The summed E-state index contributed by atoms with van der Waals surface area (Å²) >= 11 is 12.4. The summed E-state index contributed by atoms with van der Waals surface area (Å²) in [6, 6.07) is 21.9. The van der Waals surface area contributed by atoms with Crippen molar-refractivity contribution in [2.45, 2.75) is 57.3 Å². The Morgan fingerprint density at radius 2 is 1.70 bits per heavy atom. The van der Waals surface area contributed by atoms with E-state index in [4.69, 9.17) is 38.4 Å². The number of aliphatic hydroxyl groups is 1. The van der Waals surface area contributed by atoms with Gasteiger partial charge < -0.3 is 35.5 Å². The number of hydrogen-bond donors (Lipinski definition) is 4. The maximum Gasteiger partial charge on any atom is 0.224 e. The van der Waals surface area contributed by atoms with Crippen molar-refractivity contribution in [3.05, 3.63) is 106 Å². The predicted molar refractivity (Wildman–Crippen MR) is 169 cm³/mol. The standard InChI is InChI=1S/C32H33Cl2N5O5/c33-30-31(34)39(19-36-30)17-24-16-27(21-13-11-20(18-40)12-14-21)44-32(43-24)22-5-3-6-23(15-22)37-28(41)9-4-10-29(42)38-26-8-2-1-7-25(26)35/h1-3,5-8,11-15,19,24,27,32,40H,4,9-10,16-18,35H2,(H,37,41)(H,38,42)/t24-,27+,32+/m0/s1. The molecule has 1 aliphatic heterocycles. The molecule has 5 N–H and O–H groups in total. The number of halogens is 2. The fourth-order valence-corrected chi connectivity index (χ4v) is 5.26. The third-order valence-electron chi connectivity index (χ3n) is 7.23. The Bertz CT molecular complexity index is 1600. The van der Waals surface area contributed by atoms with Crippen LogP contribution < -0.4 is 16.4 Å². The number of carbonyl (C=O) groups is 2. The van der Waals surface area contributed by atoms with Crippen LogP contribution in [0, 0.1) is 0 Å². The van der Waals surface area contributed by atoms with Crippen molar-refractivity contribution in [1.29, 1.82) is 0 Å². The molecule has 1 fully saturated rings. The van der Waals surface area contributed by atoms with E-state index < -0.39 is 6.29 Å². The third-order valence-corrected chi connectivity index (χ3v) is 8.00. The highest BCUT2D eigenvalue weighted by molar-refractivity contribution is 6.40. The molecule has 44 heavy (non-hydrogen) atoms. The molecule has 2 amide bonds. The Hall–Kier alpha value is -3.93. The summed E-state index contributed by atoms with van der Waals surface area (Å²) < 4.78 is 14.5. The Morgan fingerprint density at radius 3 is 2.41 bits per heavy atom. The topological polar surface area (TPSA) is 141 Å². The number of hydrogen-bond acceptors (Lipinski definition) is 7. The molecule has 0 bridgehead atoms. The monoisotopic (exact) mass is 637 g/mol. The molecule has 5 rings (SSSR count). The zero-order chi connectivity index (χ0) is 31.1. The second-order valence-corrected chi connectivity index (χ2v) is 11.2. The molecule has 1 aromatic heterocycles. The third kappa shape index (κ3) is 8.16. The maximum atomic E-state index is 12.7. The molecule has 4 aromatic rings. The molecule has 0 spiro atoms. The van der Waals surface area contributed by atoms with Gasteiger partial charge >= 0.3 is 0 Å². The lowest BCUT2D eigenvalue weighted by Gasteiger charge is -2.36. The summed E-state index contributed by atoms with van der Waals surface area (Å²) in [5, 5.41) is 15.7. The Morgan fingerprint density at radius 1 is 0.955 bits per heavy atom. The van der Waals surface area contributed by atoms with E-state index >= 15 is 0 Å². The van der Waals surface area contributed by atoms with Crippen molar-refractivity contribution < 1.29 is 24.2 Å². The van der Waals surface area contributed by atoms with Crippen LogP contribution in [-0.2, 0) is 32.2 Å². The van der Waals surface area contributed by atoms with E-state index in [-0.39, 0.29) is 48.6 Å². The van der Waals surface area contributed by atoms with Gasteiger partial charge in [0, 0.05) is 30.5 Å². The van der Waals surface area contributed by atoms with Crippen LogP contribution in [0.4, 0.5) is 17.1 Å². The normalized spacial score (nSPS) is 18.1. The minimum atomic E-state index is -0.736. The van der Waals surface area contributed by atoms with Gasteiger partial charge in [-0.15, -0.1) is 0 Å². The highest BCUT2D eigenvalue weighted by Crippen LogP contribution is 2.39. The van der Waals surface area contributed by atoms with Gasteiger partial charge in [0.2, 0.25) is 11.8 Å². The predicted octanol–water partition coefficient (Wildman–Crippen LogP) is 6.26. The van der Waals surface area contributed by atoms with E-state index in [1.807, 2.05) is 42.5 Å². The Kier molecular flexibility index (Phi) is 10.5. The average molecular weight is 639 g/mol. The van der Waals surface area contributed by atoms with E-state index in [1.165, 1.54) is 0 Å². The van der Waals surface area contributed by atoms with Crippen molar-refractivity contribution in [3.63, 3.8) is 0 Å². The number of nitrogens with zero attached hydrogens (tertiary/aromatic N) is 2. The van der Waals surface area contributed by atoms with Gasteiger partial charge in [0.05, 0.1) is 43.1 Å². The minimum Gasteiger partial charge on any atom is -0.397 e. The quantitative estimate of drug-likeness (QED) is 0.142. The summed E-state index contributed by atoms with van der Waals surface area (Å²) in [5.41, 5.74) is 9.96. The van der Waals surface area contributed by atoms with Crippen molar-refractivity contribution in [2.24, 2.45) is 0 Å². The van der Waals surface area contributed by atoms with Gasteiger partial charge in [0.25, 0.3) is 0 Å². The number of nitrogens with one attached hydrogen (secondary N) is 2. The molecule has 0 unspecified atom stereocenters. The number of anilines is 3. The van der Waals surface area contributed by atoms with E-state index in [0.717, 1.165) is 16.7 Å². The van der Waals surface area contributed by atoms with Crippen LogP contribution in [0.2, 0.25) is 10.3 Å². The Labute approximate surface area is 265 Å². The van der Waals surface area contributed by atoms with Gasteiger partial charge in [-0.05, 0) is 41.8 Å². The van der Waals surface area contributed by atoms with Gasteiger partial charge in [-0.3, -0.25) is 9.59 Å². The number of ether oxygens (including phenoxy) is 2. The number of nitrogens with two attached hydrogens (primary N) is 1. The van der Waals surface area contributed by atoms with Crippen molar-refractivity contribution >= 4 is 52.1 Å². The number of nitrogen functional groups attached to an aromatic ring is 1. The molecule has 10 nitrogen and oxygen atoms in total. The molecule has 1 aliphatic rings. The number of rotatable bonds is 11. The second kappa shape index (κ2) is 14.7. The lowest BCUT2D eigenvalue weighted by molar-refractivity contribution is -0.252. The smallest absolute Gasteiger partial charge is 0.224 e. The summed E-state index contributed by atoms with van der Waals surface area (Å²) in [6.45, 7) is 0.360. The number of amides is 2. The fourth-order valence-electron chi connectivity index (χ4n) is 4.94. The van der Waals surface area contributed by atoms with Crippen LogP contribution >= 0.6 is 23.2 Å². The van der Waals surface area contributed by atoms with Crippen LogP contribution in [0.1, 0.15) is 54.8 Å². The zero-order valence-electron chi connectivity index (χ0n) is 23.8. The molecule has 1 saturated heterocycles. The minimum absolute atomic E-state index is 0.0470. The summed E-state index contributed by atoms with van der Waals surface area (Å²) in [6.07, 6.45) is 1.50. The molecular weight excluding hydrogens is 605 g/mol. The number of imidazole rings is 1. The van der Waals surface area contributed by atoms with E-state index in [2.05, 4.69) is 15.6 Å². The molecular formula is C32H33Cl2N5O5. The van der Waals surface area contributed by atoms with Crippen LogP contribution in [-0.4, -0.2) is 32.6 Å². The van der Waals surface area contributed by atoms with E-state index in [9.17, 15) is 14.7 Å². The first-order valence-corrected chi connectivity index (χ1v) is 15.0. The zero-order valence-corrected chi connectivity index (χ0v) is 25.3. The second-order valence-electron chi connectivity index (χ2n) is 10.5. The molecule has 12 heteroatoms. The molecule has 0 aliphatic carbocycles. The first-order valence-electron chi connectivity index (χ1n) is 14.2. The number of aliphatic hydroxyl groups excluding tert-OH is 1. The summed E-state index contributed by atoms with van der Waals surface area (Å²) in [4.78, 5) is 29.1. The summed E-state index contributed by atoms with van der Waals surface area (Å²) in [5.74, 6) is -0.426. The number of benzene rings is 3. The SMILES string of the molecule is Nc1ccccc1NC(=O)CCCC(=O)Nc1cccc([C@@H]2O[C@H](Cn3cnc(Cl)c3Cl)C[C@H](c3ccc(CO)cc3)O2)c1. The van der Waals surface area contributed by atoms with Crippen LogP contribution in [0.3, 0.4) is 0 Å². The summed E-state index contributed by atoms with van der Waals surface area (Å²) in [7, 11) is 0. The first kappa shape index (κ1) is 31.5. The molecule has 3 atom stereocenters. The van der Waals surface area contributed by atoms with Gasteiger partial charge in [-0.2, -0.15) is 0 Å². The molecule has 230 valence electrons. The van der Waals surface area contributed by atoms with Crippen molar-refractivity contribution in [3.8, 4) is 0 Å². The average Bonchev–Trinajstić information content (AvgIpc) is 3.34. The molecule has 2 heterocycles. The number of aromatic nitrogens is 2. The Balaban J connectivity index is 1.22.